The van der Waals surface area contributed by atoms with Crippen molar-refractivity contribution < 1.29 is 8.42 Å². The van der Waals surface area contributed by atoms with E-state index < -0.39 is 10.0 Å². The monoisotopic (exact) mass is 359 g/mol. The number of aromatic nitrogens is 2. The molecule has 0 saturated heterocycles. The van der Waals surface area contributed by atoms with Gasteiger partial charge in [0, 0.05) is 11.3 Å². The molecule has 124 valence electrons. The maximum Gasteiger partial charge on any atom is 0.262 e. The molecule has 7 heteroatoms. The normalized spacial score (nSPS) is 11.6. The van der Waals surface area contributed by atoms with Gasteiger partial charge in [0.05, 0.1) is 4.90 Å². The lowest BCUT2D eigenvalue weighted by Gasteiger charge is -2.14. The van der Waals surface area contributed by atoms with E-state index in [1.165, 1.54) is 11.3 Å². The molecule has 0 bridgehead atoms. The molecule has 0 radical (unpaired) electrons. The highest BCUT2D eigenvalue weighted by Gasteiger charge is 2.19. The van der Waals surface area contributed by atoms with Crippen LogP contribution in [0.15, 0.2) is 58.9 Å². The molecule has 0 aliphatic heterocycles. The van der Waals surface area contributed by atoms with Crippen molar-refractivity contribution in [2.45, 2.75) is 24.7 Å². The first-order chi connectivity index (χ1) is 11.5. The van der Waals surface area contributed by atoms with Gasteiger partial charge in [-0.2, -0.15) is 0 Å². The molecule has 2 aromatic carbocycles. The van der Waals surface area contributed by atoms with Crippen LogP contribution in [0.2, 0.25) is 0 Å². The summed E-state index contributed by atoms with van der Waals surface area (Å²) in [5.74, 6) is 0.123. The first kappa shape index (κ1) is 16.6. The number of anilines is 1. The zero-order valence-corrected chi connectivity index (χ0v) is 14.9. The summed E-state index contributed by atoms with van der Waals surface area (Å²) >= 11 is 1.44. The van der Waals surface area contributed by atoms with Gasteiger partial charge in [0.2, 0.25) is 0 Å². The van der Waals surface area contributed by atoms with Crippen molar-refractivity contribution in [3.63, 3.8) is 0 Å². The van der Waals surface area contributed by atoms with Crippen molar-refractivity contribution in [3.8, 4) is 10.6 Å². The maximum atomic E-state index is 12.7. The SMILES string of the molecule is CC(C)c1ccccc1S(=O)(=O)Nc1ccc(-c2nncs2)cc1. The van der Waals surface area contributed by atoms with Crippen molar-refractivity contribution in [1.82, 2.24) is 10.2 Å². The van der Waals surface area contributed by atoms with E-state index in [1.807, 2.05) is 38.1 Å². The van der Waals surface area contributed by atoms with Crippen LogP contribution < -0.4 is 4.72 Å². The molecule has 24 heavy (non-hydrogen) atoms. The smallest absolute Gasteiger partial charge is 0.262 e. The number of rotatable bonds is 5. The van der Waals surface area contributed by atoms with E-state index in [4.69, 9.17) is 0 Å². The van der Waals surface area contributed by atoms with Crippen LogP contribution in [0.3, 0.4) is 0 Å². The number of hydrogen-bond donors (Lipinski definition) is 1. The van der Waals surface area contributed by atoms with Gasteiger partial charge >= 0.3 is 0 Å². The molecular weight excluding hydrogens is 342 g/mol. The van der Waals surface area contributed by atoms with Gasteiger partial charge in [-0.15, -0.1) is 10.2 Å². The minimum absolute atomic E-state index is 0.123. The molecule has 1 heterocycles. The summed E-state index contributed by atoms with van der Waals surface area (Å²) in [6.07, 6.45) is 0. The Bertz CT molecular complexity index is 919. The van der Waals surface area contributed by atoms with E-state index in [1.54, 1.807) is 29.8 Å². The third kappa shape index (κ3) is 3.47. The van der Waals surface area contributed by atoms with E-state index in [2.05, 4.69) is 14.9 Å². The molecule has 0 unspecified atom stereocenters. The molecule has 1 aromatic heterocycles. The Morgan fingerprint density at radius 2 is 1.75 bits per heavy atom. The van der Waals surface area contributed by atoms with Crippen molar-refractivity contribution in [2.75, 3.05) is 4.72 Å². The fraction of sp³-hybridized carbons (Fsp3) is 0.176. The highest BCUT2D eigenvalue weighted by atomic mass is 32.2. The van der Waals surface area contributed by atoms with Crippen LogP contribution in [0.1, 0.15) is 25.3 Å². The average molecular weight is 359 g/mol. The van der Waals surface area contributed by atoms with Gasteiger partial charge in [-0.25, -0.2) is 8.42 Å². The quantitative estimate of drug-likeness (QED) is 0.743. The Kier molecular flexibility index (Phi) is 4.64. The number of sulfonamides is 1. The molecule has 0 aliphatic carbocycles. The Morgan fingerprint density at radius 3 is 2.38 bits per heavy atom. The van der Waals surface area contributed by atoms with Gasteiger partial charge in [-0.1, -0.05) is 43.4 Å². The third-order valence-corrected chi connectivity index (χ3v) is 5.77. The highest BCUT2D eigenvalue weighted by Crippen LogP contribution is 2.27. The molecule has 3 rings (SSSR count). The lowest BCUT2D eigenvalue weighted by atomic mass is 10.0. The molecule has 0 amide bonds. The summed E-state index contributed by atoms with van der Waals surface area (Å²) in [4.78, 5) is 0.313. The minimum atomic E-state index is -3.63. The zero-order chi connectivity index (χ0) is 17.2. The standard InChI is InChI=1S/C17H17N3O2S2/c1-12(2)15-5-3-4-6-16(15)24(21,22)20-14-9-7-13(8-10-14)17-19-18-11-23-17/h3-12,20H,1-2H3. The van der Waals surface area contributed by atoms with Gasteiger partial charge in [0.1, 0.15) is 10.5 Å². The van der Waals surface area contributed by atoms with Crippen LogP contribution in [0.4, 0.5) is 5.69 Å². The highest BCUT2D eigenvalue weighted by molar-refractivity contribution is 7.92. The van der Waals surface area contributed by atoms with Crippen molar-refractivity contribution in [3.05, 3.63) is 59.6 Å². The molecule has 0 fully saturated rings. The summed E-state index contributed by atoms with van der Waals surface area (Å²) in [6, 6.07) is 14.2. The molecule has 0 saturated carbocycles. The van der Waals surface area contributed by atoms with E-state index in [0.717, 1.165) is 16.1 Å². The van der Waals surface area contributed by atoms with Gasteiger partial charge in [0.15, 0.2) is 0 Å². The predicted molar refractivity (Wildman–Crippen MR) is 96.7 cm³/mol. The largest absolute Gasteiger partial charge is 0.280 e. The van der Waals surface area contributed by atoms with Crippen LogP contribution in [-0.2, 0) is 10.0 Å². The van der Waals surface area contributed by atoms with Gasteiger partial charge in [-0.3, -0.25) is 4.72 Å². The fourth-order valence-corrected chi connectivity index (χ4v) is 4.38. The Labute approximate surface area is 145 Å². The topological polar surface area (TPSA) is 72.0 Å². The van der Waals surface area contributed by atoms with Gasteiger partial charge in [0.25, 0.3) is 10.0 Å². The number of hydrogen-bond acceptors (Lipinski definition) is 5. The van der Waals surface area contributed by atoms with Crippen molar-refractivity contribution in [2.24, 2.45) is 0 Å². The first-order valence-corrected chi connectivity index (χ1v) is 9.82. The molecule has 0 aliphatic rings. The molecule has 0 atom stereocenters. The van der Waals surface area contributed by atoms with E-state index in [0.29, 0.717) is 10.6 Å². The summed E-state index contributed by atoms with van der Waals surface area (Å²) in [6.45, 7) is 3.95. The number of nitrogens with zero attached hydrogens (tertiary/aromatic N) is 2. The molecule has 5 nitrogen and oxygen atoms in total. The second kappa shape index (κ2) is 6.70. The molecule has 3 aromatic rings. The Hall–Kier alpha value is -2.25. The van der Waals surface area contributed by atoms with Crippen molar-refractivity contribution >= 4 is 27.0 Å². The molecule has 1 N–H and O–H groups in total. The predicted octanol–water partition coefficient (Wildman–Crippen LogP) is 4.13. The van der Waals surface area contributed by atoms with E-state index >= 15 is 0 Å². The van der Waals surface area contributed by atoms with Crippen molar-refractivity contribution in [1.29, 1.82) is 0 Å². The number of nitrogens with one attached hydrogen (secondary N) is 1. The maximum absolute atomic E-state index is 12.7. The van der Waals surface area contributed by atoms with Crippen LogP contribution in [0, 0.1) is 0 Å². The fourth-order valence-electron chi connectivity index (χ4n) is 2.39. The van der Waals surface area contributed by atoms with E-state index in [-0.39, 0.29) is 5.92 Å². The lowest BCUT2D eigenvalue weighted by molar-refractivity contribution is 0.599. The summed E-state index contributed by atoms with van der Waals surface area (Å²) in [5.41, 5.74) is 3.88. The Balaban J connectivity index is 1.88. The van der Waals surface area contributed by atoms with Crippen LogP contribution in [-0.4, -0.2) is 18.6 Å². The minimum Gasteiger partial charge on any atom is -0.280 e. The zero-order valence-electron chi connectivity index (χ0n) is 13.3. The second-order valence-corrected chi connectivity index (χ2v) is 8.10. The summed E-state index contributed by atoms with van der Waals surface area (Å²) in [7, 11) is -3.63. The third-order valence-electron chi connectivity index (χ3n) is 3.57. The average Bonchev–Trinajstić information content (AvgIpc) is 3.10. The first-order valence-electron chi connectivity index (χ1n) is 7.46. The molecular formula is C17H17N3O2S2. The summed E-state index contributed by atoms with van der Waals surface area (Å²) in [5, 5.41) is 8.60. The molecule has 0 spiro atoms. The number of benzene rings is 2. The second-order valence-electron chi connectivity index (χ2n) is 5.62. The van der Waals surface area contributed by atoms with Gasteiger partial charge < -0.3 is 0 Å². The van der Waals surface area contributed by atoms with Crippen LogP contribution >= 0.6 is 11.3 Å². The lowest BCUT2D eigenvalue weighted by Crippen LogP contribution is -2.15. The Morgan fingerprint density at radius 1 is 1.04 bits per heavy atom. The van der Waals surface area contributed by atoms with E-state index in [9.17, 15) is 8.42 Å². The summed E-state index contributed by atoms with van der Waals surface area (Å²) < 4.78 is 28.1. The van der Waals surface area contributed by atoms with Crippen LogP contribution in [0.25, 0.3) is 10.6 Å². The van der Waals surface area contributed by atoms with Crippen LogP contribution in [0.5, 0.6) is 0 Å². The van der Waals surface area contributed by atoms with Gasteiger partial charge in [-0.05, 0) is 41.8 Å².